The Bertz CT molecular complexity index is 361. The zero-order valence-electron chi connectivity index (χ0n) is 7.55. The molecule has 0 saturated carbocycles. The van der Waals surface area contributed by atoms with Crippen LogP contribution in [0.2, 0.25) is 0 Å². The molecule has 76 valence electrons. The summed E-state index contributed by atoms with van der Waals surface area (Å²) in [6, 6.07) is 0. The van der Waals surface area contributed by atoms with Crippen molar-refractivity contribution in [2.24, 2.45) is 0 Å². The first-order chi connectivity index (χ1) is 6.68. The number of nitrogens with zero attached hydrogens (tertiary/aromatic N) is 3. The predicted molar refractivity (Wildman–Crippen MR) is 46.9 cm³/mol. The minimum Gasteiger partial charge on any atom is -0.504 e. The van der Waals surface area contributed by atoms with Crippen molar-refractivity contribution in [3.8, 4) is 5.75 Å². The highest BCUT2D eigenvalue weighted by atomic mass is 16.4. The maximum absolute atomic E-state index is 10.8. The normalized spacial score (nSPS) is 16.1. The number of fused-ring (bicyclic) bond motifs is 1. The van der Waals surface area contributed by atoms with Crippen LogP contribution in [-0.2, 0) is 13.1 Å². The fourth-order valence-electron chi connectivity index (χ4n) is 1.59. The van der Waals surface area contributed by atoms with E-state index in [0.29, 0.717) is 18.8 Å². The monoisotopic (exact) mass is 197 g/mol. The zero-order valence-corrected chi connectivity index (χ0v) is 7.55. The molecule has 6 heteroatoms. The van der Waals surface area contributed by atoms with E-state index in [1.165, 1.54) is 11.1 Å². The molecule has 0 radical (unpaired) electrons. The van der Waals surface area contributed by atoms with Crippen molar-refractivity contribution in [1.29, 1.82) is 0 Å². The Morgan fingerprint density at radius 1 is 1.50 bits per heavy atom. The van der Waals surface area contributed by atoms with Crippen LogP contribution >= 0.6 is 0 Å². The Hall–Kier alpha value is -1.72. The summed E-state index contributed by atoms with van der Waals surface area (Å²) in [7, 11) is 0. The second-order valence-electron chi connectivity index (χ2n) is 3.26. The quantitative estimate of drug-likeness (QED) is 0.633. The largest absolute Gasteiger partial charge is 0.504 e. The Labute approximate surface area is 80.4 Å². The van der Waals surface area contributed by atoms with E-state index in [0.717, 1.165) is 6.42 Å². The van der Waals surface area contributed by atoms with Crippen molar-refractivity contribution >= 4 is 6.09 Å². The van der Waals surface area contributed by atoms with Gasteiger partial charge in [-0.1, -0.05) is 0 Å². The van der Waals surface area contributed by atoms with E-state index in [1.54, 1.807) is 4.68 Å². The van der Waals surface area contributed by atoms with Crippen LogP contribution in [0.3, 0.4) is 0 Å². The van der Waals surface area contributed by atoms with E-state index in [9.17, 15) is 9.90 Å². The summed E-state index contributed by atoms with van der Waals surface area (Å²) in [5, 5.41) is 22.2. The summed E-state index contributed by atoms with van der Waals surface area (Å²) >= 11 is 0. The van der Waals surface area contributed by atoms with Gasteiger partial charge in [0, 0.05) is 13.1 Å². The van der Waals surface area contributed by atoms with E-state index in [1.807, 2.05) is 0 Å². The number of amides is 1. The molecule has 1 aromatic rings. The van der Waals surface area contributed by atoms with Gasteiger partial charge >= 0.3 is 6.09 Å². The molecule has 2 rings (SSSR count). The Morgan fingerprint density at radius 3 is 3.00 bits per heavy atom. The lowest BCUT2D eigenvalue weighted by Crippen LogP contribution is -2.28. The molecule has 1 amide bonds. The van der Waals surface area contributed by atoms with Gasteiger partial charge in [0.25, 0.3) is 0 Å². The third-order valence-corrected chi connectivity index (χ3v) is 2.34. The minimum absolute atomic E-state index is 0.0677. The molecule has 6 nitrogen and oxygen atoms in total. The average molecular weight is 197 g/mol. The van der Waals surface area contributed by atoms with Gasteiger partial charge in [-0.05, 0) is 6.42 Å². The Balaban J connectivity index is 2.29. The van der Waals surface area contributed by atoms with Crippen molar-refractivity contribution in [3.63, 3.8) is 0 Å². The van der Waals surface area contributed by atoms with Gasteiger partial charge in [-0.25, -0.2) is 4.79 Å². The first-order valence-electron chi connectivity index (χ1n) is 4.40. The van der Waals surface area contributed by atoms with Crippen LogP contribution in [0.25, 0.3) is 0 Å². The Kier molecular flexibility index (Phi) is 2.03. The fourth-order valence-corrected chi connectivity index (χ4v) is 1.59. The minimum atomic E-state index is -0.959. The van der Waals surface area contributed by atoms with Crippen molar-refractivity contribution in [2.75, 3.05) is 6.54 Å². The molecule has 1 aliphatic heterocycles. The summed E-state index contributed by atoms with van der Waals surface area (Å²) in [4.78, 5) is 12.0. The summed E-state index contributed by atoms with van der Waals surface area (Å²) in [6.45, 7) is 1.35. The number of hydrogen-bond acceptors (Lipinski definition) is 3. The lowest BCUT2D eigenvalue weighted by atomic mass is 10.3. The molecular weight excluding hydrogens is 186 g/mol. The van der Waals surface area contributed by atoms with Gasteiger partial charge in [-0.15, -0.1) is 0 Å². The summed E-state index contributed by atoms with van der Waals surface area (Å²) in [5.74, 6) is 0.0677. The molecule has 0 saturated heterocycles. The third-order valence-electron chi connectivity index (χ3n) is 2.34. The van der Waals surface area contributed by atoms with Gasteiger partial charge < -0.3 is 15.1 Å². The van der Waals surface area contributed by atoms with E-state index in [-0.39, 0.29) is 12.3 Å². The van der Waals surface area contributed by atoms with Crippen LogP contribution in [0.15, 0.2) is 6.20 Å². The van der Waals surface area contributed by atoms with Crippen LogP contribution in [0, 0.1) is 0 Å². The van der Waals surface area contributed by atoms with Crippen LogP contribution in [0.5, 0.6) is 5.75 Å². The molecule has 0 bridgehead atoms. The third kappa shape index (κ3) is 1.39. The smallest absolute Gasteiger partial charge is 0.407 e. The number of hydrogen-bond donors (Lipinski definition) is 2. The second kappa shape index (κ2) is 3.21. The lowest BCUT2D eigenvalue weighted by Gasteiger charge is -2.15. The molecule has 0 atom stereocenters. The van der Waals surface area contributed by atoms with Gasteiger partial charge in [0.1, 0.15) is 0 Å². The zero-order chi connectivity index (χ0) is 10.1. The molecular formula is C8H11N3O3. The molecule has 2 N–H and O–H groups in total. The molecule has 0 unspecified atom stereocenters. The van der Waals surface area contributed by atoms with Crippen molar-refractivity contribution in [3.05, 3.63) is 11.9 Å². The lowest BCUT2D eigenvalue weighted by molar-refractivity contribution is 0.143. The Morgan fingerprint density at radius 2 is 2.29 bits per heavy atom. The number of carboxylic acid groups (broad SMARTS) is 1. The number of aromatic nitrogens is 2. The summed E-state index contributed by atoms with van der Waals surface area (Å²) < 4.78 is 1.65. The number of rotatable bonds is 0. The fraction of sp³-hybridized carbons (Fsp3) is 0.500. The topological polar surface area (TPSA) is 78.6 Å². The standard InChI is InChI=1S/C8H11N3O3/c12-7-4-9-11-3-1-2-10(8(13)14)5-6(7)11/h4,12H,1-3,5H2,(H,13,14). The maximum atomic E-state index is 10.8. The van der Waals surface area contributed by atoms with Crippen LogP contribution in [0.4, 0.5) is 4.79 Å². The highest BCUT2D eigenvalue weighted by molar-refractivity contribution is 5.65. The van der Waals surface area contributed by atoms with Crippen molar-refractivity contribution in [1.82, 2.24) is 14.7 Å². The van der Waals surface area contributed by atoms with Gasteiger partial charge in [-0.3, -0.25) is 4.68 Å². The van der Waals surface area contributed by atoms with Crippen LogP contribution in [-0.4, -0.2) is 37.5 Å². The molecule has 0 spiro atoms. The van der Waals surface area contributed by atoms with Crippen LogP contribution in [0.1, 0.15) is 12.1 Å². The average Bonchev–Trinajstić information content (AvgIpc) is 2.40. The number of carbonyl (C=O) groups is 1. The SMILES string of the molecule is O=C(O)N1CCCn2ncc(O)c2C1. The summed E-state index contributed by atoms with van der Waals surface area (Å²) in [6.07, 6.45) is 1.11. The highest BCUT2D eigenvalue weighted by Gasteiger charge is 2.21. The molecule has 1 aliphatic rings. The molecule has 14 heavy (non-hydrogen) atoms. The van der Waals surface area contributed by atoms with E-state index >= 15 is 0 Å². The first-order valence-corrected chi connectivity index (χ1v) is 4.40. The van der Waals surface area contributed by atoms with E-state index in [4.69, 9.17) is 5.11 Å². The van der Waals surface area contributed by atoms with Crippen LogP contribution < -0.4 is 0 Å². The van der Waals surface area contributed by atoms with Crippen molar-refractivity contribution < 1.29 is 15.0 Å². The highest BCUT2D eigenvalue weighted by Crippen LogP contribution is 2.20. The van der Waals surface area contributed by atoms with E-state index < -0.39 is 6.09 Å². The molecule has 1 aromatic heterocycles. The van der Waals surface area contributed by atoms with E-state index in [2.05, 4.69) is 5.10 Å². The molecule has 0 aliphatic carbocycles. The van der Waals surface area contributed by atoms with Gasteiger partial charge in [-0.2, -0.15) is 5.10 Å². The van der Waals surface area contributed by atoms with Gasteiger partial charge in [0.05, 0.1) is 18.4 Å². The number of aromatic hydroxyl groups is 1. The molecule has 0 fully saturated rings. The number of aryl methyl sites for hydroxylation is 1. The van der Waals surface area contributed by atoms with Gasteiger partial charge in [0.2, 0.25) is 0 Å². The van der Waals surface area contributed by atoms with Gasteiger partial charge in [0.15, 0.2) is 5.75 Å². The molecule has 2 heterocycles. The summed E-state index contributed by atoms with van der Waals surface area (Å²) in [5.41, 5.74) is 0.574. The molecule has 0 aromatic carbocycles. The first kappa shape index (κ1) is 8.86. The maximum Gasteiger partial charge on any atom is 0.407 e. The second-order valence-corrected chi connectivity index (χ2v) is 3.26. The predicted octanol–water partition coefficient (Wildman–Crippen LogP) is 0.472. The van der Waals surface area contributed by atoms with Crippen molar-refractivity contribution in [2.45, 2.75) is 19.5 Å².